The van der Waals surface area contributed by atoms with Crippen LogP contribution in [-0.2, 0) is 7.05 Å². The van der Waals surface area contributed by atoms with E-state index in [1.807, 2.05) is 26.1 Å². The summed E-state index contributed by atoms with van der Waals surface area (Å²) in [4.78, 5) is 0. The van der Waals surface area contributed by atoms with Crippen LogP contribution in [-0.4, -0.2) is 16.9 Å². The summed E-state index contributed by atoms with van der Waals surface area (Å²) in [6.45, 7) is 4.09. The molecule has 2 N–H and O–H groups in total. The maximum atomic E-state index is 5.70. The number of benzene rings is 1. The second kappa shape index (κ2) is 4.13. The Balaban J connectivity index is 2.60. The maximum Gasteiger partial charge on any atom is 0.146 e. The first kappa shape index (κ1) is 11.5. The molecule has 0 aliphatic heterocycles. The van der Waals surface area contributed by atoms with Gasteiger partial charge in [-0.05, 0) is 37.1 Å². The SMILES string of the molecule is COc1cc(C)c(-c2cc(N)nn2C)cc1C. The smallest absolute Gasteiger partial charge is 0.146 e. The van der Waals surface area contributed by atoms with Gasteiger partial charge >= 0.3 is 0 Å². The van der Waals surface area contributed by atoms with Crippen molar-refractivity contribution in [2.24, 2.45) is 7.05 Å². The van der Waals surface area contributed by atoms with E-state index in [2.05, 4.69) is 18.1 Å². The first-order chi connectivity index (χ1) is 8.02. The topological polar surface area (TPSA) is 53.1 Å². The summed E-state index contributed by atoms with van der Waals surface area (Å²) < 4.78 is 7.10. The predicted octanol–water partition coefficient (Wildman–Crippen LogP) is 2.29. The molecule has 0 saturated heterocycles. The number of aryl methyl sites for hydroxylation is 3. The fourth-order valence-corrected chi connectivity index (χ4v) is 2.03. The van der Waals surface area contributed by atoms with Crippen LogP contribution in [0.4, 0.5) is 5.82 Å². The predicted molar refractivity (Wildman–Crippen MR) is 69.1 cm³/mol. The van der Waals surface area contributed by atoms with E-state index < -0.39 is 0 Å². The third kappa shape index (κ3) is 1.98. The summed E-state index contributed by atoms with van der Waals surface area (Å²) in [5, 5.41) is 4.16. The van der Waals surface area contributed by atoms with Crippen LogP contribution in [0.15, 0.2) is 18.2 Å². The molecule has 0 spiro atoms. The van der Waals surface area contributed by atoms with Crippen LogP contribution in [0, 0.1) is 13.8 Å². The van der Waals surface area contributed by atoms with Crippen molar-refractivity contribution < 1.29 is 4.74 Å². The van der Waals surface area contributed by atoms with Gasteiger partial charge in [-0.1, -0.05) is 0 Å². The van der Waals surface area contributed by atoms with E-state index in [0.29, 0.717) is 5.82 Å². The molecule has 2 aromatic rings. The molecule has 0 radical (unpaired) electrons. The van der Waals surface area contributed by atoms with Crippen molar-refractivity contribution in [2.75, 3.05) is 12.8 Å². The van der Waals surface area contributed by atoms with Crippen molar-refractivity contribution in [2.45, 2.75) is 13.8 Å². The van der Waals surface area contributed by atoms with Gasteiger partial charge in [0.1, 0.15) is 11.6 Å². The molecule has 2 rings (SSSR count). The summed E-state index contributed by atoms with van der Waals surface area (Å²) in [6.07, 6.45) is 0. The van der Waals surface area contributed by atoms with E-state index in [1.165, 1.54) is 0 Å². The summed E-state index contributed by atoms with van der Waals surface area (Å²) in [7, 11) is 3.58. The normalized spacial score (nSPS) is 10.6. The van der Waals surface area contributed by atoms with Crippen molar-refractivity contribution >= 4 is 5.82 Å². The minimum atomic E-state index is 0.537. The average molecular weight is 231 g/mol. The van der Waals surface area contributed by atoms with Crippen LogP contribution in [0.2, 0.25) is 0 Å². The number of hydrogen-bond acceptors (Lipinski definition) is 3. The lowest BCUT2D eigenvalue weighted by atomic mass is 10.0. The van der Waals surface area contributed by atoms with E-state index in [1.54, 1.807) is 11.8 Å². The number of anilines is 1. The fourth-order valence-electron chi connectivity index (χ4n) is 2.03. The monoisotopic (exact) mass is 231 g/mol. The van der Waals surface area contributed by atoms with Gasteiger partial charge in [-0.15, -0.1) is 0 Å². The van der Waals surface area contributed by atoms with Crippen molar-refractivity contribution in [1.29, 1.82) is 0 Å². The van der Waals surface area contributed by atoms with Crippen molar-refractivity contribution in [3.63, 3.8) is 0 Å². The van der Waals surface area contributed by atoms with Crippen molar-refractivity contribution in [3.05, 3.63) is 29.3 Å². The molecule has 1 aromatic heterocycles. The molecule has 90 valence electrons. The zero-order valence-electron chi connectivity index (χ0n) is 10.6. The Labute approximate surface area is 101 Å². The van der Waals surface area contributed by atoms with Gasteiger partial charge in [0.15, 0.2) is 0 Å². The molecule has 0 amide bonds. The Morgan fingerprint density at radius 1 is 1.18 bits per heavy atom. The van der Waals surface area contributed by atoms with Gasteiger partial charge in [-0.3, -0.25) is 4.68 Å². The van der Waals surface area contributed by atoms with Gasteiger partial charge in [0.05, 0.1) is 12.8 Å². The van der Waals surface area contributed by atoms with Crippen molar-refractivity contribution in [1.82, 2.24) is 9.78 Å². The van der Waals surface area contributed by atoms with E-state index in [9.17, 15) is 0 Å². The molecule has 1 heterocycles. The first-order valence-corrected chi connectivity index (χ1v) is 5.48. The molecule has 0 saturated carbocycles. The summed E-state index contributed by atoms with van der Waals surface area (Å²) >= 11 is 0. The molecule has 0 fully saturated rings. The minimum absolute atomic E-state index is 0.537. The molecule has 17 heavy (non-hydrogen) atoms. The van der Waals surface area contributed by atoms with Gasteiger partial charge in [0.2, 0.25) is 0 Å². The largest absolute Gasteiger partial charge is 0.496 e. The highest BCUT2D eigenvalue weighted by molar-refractivity contribution is 5.68. The lowest BCUT2D eigenvalue weighted by molar-refractivity contribution is 0.411. The van der Waals surface area contributed by atoms with E-state index in [0.717, 1.165) is 28.1 Å². The van der Waals surface area contributed by atoms with Gasteiger partial charge in [0.25, 0.3) is 0 Å². The van der Waals surface area contributed by atoms with Crippen LogP contribution in [0.1, 0.15) is 11.1 Å². The van der Waals surface area contributed by atoms with Gasteiger partial charge < -0.3 is 10.5 Å². The van der Waals surface area contributed by atoms with Crippen molar-refractivity contribution in [3.8, 4) is 17.0 Å². The lowest BCUT2D eigenvalue weighted by Gasteiger charge is -2.11. The number of rotatable bonds is 2. The Kier molecular flexibility index (Phi) is 2.79. The Bertz CT molecular complexity index is 558. The third-order valence-electron chi connectivity index (χ3n) is 2.92. The number of hydrogen-bond donors (Lipinski definition) is 1. The quantitative estimate of drug-likeness (QED) is 0.862. The zero-order valence-corrected chi connectivity index (χ0v) is 10.6. The van der Waals surface area contributed by atoms with Crippen LogP contribution in [0.25, 0.3) is 11.3 Å². The van der Waals surface area contributed by atoms with Gasteiger partial charge in [-0.25, -0.2) is 0 Å². The summed E-state index contributed by atoms with van der Waals surface area (Å²) in [6, 6.07) is 6.02. The fraction of sp³-hybridized carbons (Fsp3) is 0.308. The molecule has 0 unspecified atom stereocenters. The minimum Gasteiger partial charge on any atom is -0.496 e. The molecule has 0 atom stereocenters. The molecule has 0 bridgehead atoms. The van der Waals surface area contributed by atoms with Crippen LogP contribution in [0.5, 0.6) is 5.75 Å². The number of aromatic nitrogens is 2. The standard InChI is InChI=1S/C13H17N3O/c1-8-6-12(17-4)9(2)5-10(8)11-7-13(14)15-16(11)3/h5-7H,1-4H3,(H2,14,15). The molecular weight excluding hydrogens is 214 g/mol. The Hall–Kier alpha value is -1.97. The molecular formula is C13H17N3O. The highest BCUT2D eigenvalue weighted by atomic mass is 16.5. The zero-order chi connectivity index (χ0) is 12.6. The highest BCUT2D eigenvalue weighted by Gasteiger charge is 2.11. The van der Waals surface area contributed by atoms with E-state index in [4.69, 9.17) is 10.5 Å². The Morgan fingerprint density at radius 3 is 2.41 bits per heavy atom. The molecule has 1 aromatic carbocycles. The average Bonchev–Trinajstić information content (AvgIpc) is 2.60. The summed E-state index contributed by atoms with van der Waals surface area (Å²) in [5.74, 6) is 1.44. The van der Waals surface area contributed by atoms with Crippen LogP contribution in [0.3, 0.4) is 0 Å². The third-order valence-corrected chi connectivity index (χ3v) is 2.92. The van der Waals surface area contributed by atoms with Crippen LogP contribution >= 0.6 is 0 Å². The maximum absolute atomic E-state index is 5.70. The second-order valence-electron chi connectivity index (χ2n) is 4.21. The highest BCUT2D eigenvalue weighted by Crippen LogP contribution is 2.30. The number of nitrogens with zero attached hydrogens (tertiary/aromatic N) is 2. The molecule has 4 nitrogen and oxygen atoms in total. The van der Waals surface area contributed by atoms with E-state index in [-0.39, 0.29) is 0 Å². The lowest BCUT2D eigenvalue weighted by Crippen LogP contribution is -1.97. The number of nitrogens with two attached hydrogens (primary N) is 1. The van der Waals surface area contributed by atoms with E-state index >= 15 is 0 Å². The Morgan fingerprint density at radius 2 is 1.88 bits per heavy atom. The molecule has 4 heteroatoms. The van der Waals surface area contributed by atoms with Crippen LogP contribution < -0.4 is 10.5 Å². The molecule has 0 aliphatic rings. The van der Waals surface area contributed by atoms with Gasteiger partial charge in [0, 0.05) is 18.7 Å². The van der Waals surface area contributed by atoms with Gasteiger partial charge in [-0.2, -0.15) is 5.10 Å². The first-order valence-electron chi connectivity index (χ1n) is 5.48. The number of methoxy groups -OCH3 is 1. The summed E-state index contributed by atoms with van der Waals surface area (Å²) in [5.41, 5.74) is 10.1. The molecule has 0 aliphatic carbocycles. The second-order valence-corrected chi connectivity index (χ2v) is 4.21. The number of ether oxygens (including phenoxy) is 1. The number of nitrogen functional groups attached to an aromatic ring is 1.